The molecule has 1 fully saturated rings. The quantitative estimate of drug-likeness (QED) is 0.796. The van der Waals surface area contributed by atoms with Gasteiger partial charge in [0.15, 0.2) is 12.5 Å². The Balaban J connectivity index is 2.16. The summed E-state index contributed by atoms with van der Waals surface area (Å²) in [6.45, 7) is 0.752. The number of hydrogen-bond donors (Lipinski definition) is 0. The third kappa shape index (κ3) is 2.00. The highest BCUT2D eigenvalue weighted by Gasteiger charge is 2.21. The molecule has 5 nitrogen and oxygen atoms in total. The van der Waals surface area contributed by atoms with Gasteiger partial charge in [0.2, 0.25) is 0 Å². The topological polar surface area (TPSA) is 53.3 Å². The summed E-state index contributed by atoms with van der Waals surface area (Å²) in [7, 11) is 1.62. The van der Waals surface area contributed by atoms with Crippen LogP contribution in [0.25, 0.3) is 10.9 Å². The van der Waals surface area contributed by atoms with E-state index in [4.69, 9.17) is 9.47 Å². The fraction of sp³-hybridized carbons (Fsp3) is 0.429. The normalized spacial score (nSPS) is 19.5. The van der Waals surface area contributed by atoms with E-state index in [1.54, 1.807) is 25.4 Å². The molecule has 0 bridgehead atoms. The highest BCUT2D eigenvalue weighted by molar-refractivity contribution is 5.99. The molecular weight excluding hydrogens is 244 g/mol. The van der Waals surface area contributed by atoms with Crippen molar-refractivity contribution in [2.24, 2.45) is 0 Å². The molecule has 1 unspecified atom stereocenters. The van der Waals surface area contributed by atoms with Gasteiger partial charge in [-0.3, -0.25) is 4.79 Å². The van der Waals surface area contributed by atoms with Crippen molar-refractivity contribution in [3.8, 4) is 5.75 Å². The van der Waals surface area contributed by atoms with Crippen molar-refractivity contribution < 1.29 is 14.3 Å². The van der Waals surface area contributed by atoms with Gasteiger partial charge in [0, 0.05) is 17.6 Å². The number of aromatic nitrogens is 2. The van der Waals surface area contributed by atoms with E-state index in [2.05, 4.69) is 5.10 Å². The molecule has 0 N–H and O–H groups in total. The van der Waals surface area contributed by atoms with Crippen molar-refractivity contribution in [2.75, 3.05) is 13.7 Å². The molecular formula is C14H16N2O3. The molecule has 0 amide bonds. The molecule has 1 aromatic heterocycles. The van der Waals surface area contributed by atoms with E-state index < -0.39 is 0 Å². The fourth-order valence-corrected chi connectivity index (χ4v) is 2.56. The smallest absolute Gasteiger partial charge is 0.151 e. The van der Waals surface area contributed by atoms with Gasteiger partial charge in [0.05, 0.1) is 13.3 Å². The van der Waals surface area contributed by atoms with Gasteiger partial charge in [-0.2, -0.15) is 5.10 Å². The molecule has 3 rings (SSSR count). The maximum Gasteiger partial charge on any atom is 0.151 e. The number of ether oxygens (including phenoxy) is 2. The molecule has 1 atom stereocenters. The molecule has 0 saturated carbocycles. The van der Waals surface area contributed by atoms with Crippen LogP contribution in [0.2, 0.25) is 0 Å². The summed E-state index contributed by atoms with van der Waals surface area (Å²) in [5.74, 6) is 0.715. The molecule has 1 aliphatic rings. The van der Waals surface area contributed by atoms with Gasteiger partial charge in [-0.25, -0.2) is 4.68 Å². The molecule has 100 valence electrons. The summed E-state index contributed by atoms with van der Waals surface area (Å²) < 4.78 is 13.0. The molecule has 19 heavy (non-hydrogen) atoms. The first kappa shape index (κ1) is 12.2. The molecule has 0 radical (unpaired) electrons. The maximum absolute atomic E-state index is 11.1. The Morgan fingerprint density at radius 1 is 1.47 bits per heavy atom. The lowest BCUT2D eigenvalue weighted by Gasteiger charge is -2.24. The molecule has 1 aliphatic heterocycles. The predicted molar refractivity (Wildman–Crippen MR) is 70.5 cm³/mol. The SMILES string of the molecule is COc1ccc(C=O)c2cnn(C3CCCCO3)c12. The van der Waals surface area contributed by atoms with Crippen molar-refractivity contribution in [2.45, 2.75) is 25.5 Å². The Bertz CT molecular complexity index is 600. The molecule has 1 saturated heterocycles. The van der Waals surface area contributed by atoms with E-state index in [0.717, 1.165) is 43.1 Å². The maximum atomic E-state index is 11.1. The number of hydrogen-bond acceptors (Lipinski definition) is 4. The second-order valence-electron chi connectivity index (χ2n) is 4.65. The summed E-state index contributed by atoms with van der Waals surface area (Å²) in [5.41, 5.74) is 1.46. The van der Waals surface area contributed by atoms with Crippen molar-refractivity contribution in [1.82, 2.24) is 9.78 Å². The minimum absolute atomic E-state index is 0.0675. The second-order valence-corrected chi connectivity index (χ2v) is 4.65. The number of nitrogens with zero attached hydrogens (tertiary/aromatic N) is 2. The van der Waals surface area contributed by atoms with Gasteiger partial charge in [0.25, 0.3) is 0 Å². The van der Waals surface area contributed by atoms with Gasteiger partial charge in [-0.1, -0.05) is 0 Å². The number of carbonyl (C=O) groups excluding carboxylic acids is 1. The van der Waals surface area contributed by atoms with E-state index in [1.165, 1.54) is 0 Å². The summed E-state index contributed by atoms with van der Waals surface area (Å²) in [4.78, 5) is 11.1. The van der Waals surface area contributed by atoms with E-state index in [9.17, 15) is 4.79 Å². The van der Waals surface area contributed by atoms with Crippen LogP contribution in [0, 0.1) is 0 Å². The highest BCUT2D eigenvalue weighted by Crippen LogP contribution is 2.32. The summed E-state index contributed by atoms with van der Waals surface area (Å²) in [6.07, 6.45) is 5.64. The largest absolute Gasteiger partial charge is 0.494 e. The summed E-state index contributed by atoms with van der Waals surface area (Å²) in [6, 6.07) is 3.55. The van der Waals surface area contributed by atoms with E-state index >= 15 is 0 Å². The minimum atomic E-state index is -0.0675. The Labute approximate surface area is 111 Å². The minimum Gasteiger partial charge on any atom is -0.494 e. The Morgan fingerprint density at radius 2 is 2.37 bits per heavy atom. The van der Waals surface area contributed by atoms with Crippen LogP contribution in [-0.2, 0) is 4.74 Å². The zero-order valence-corrected chi connectivity index (χ0v) is 10.8. The lowest BCUT2D eigenvalue weighted by molar-refractivity contribution is -0.0368. The lowest BCUT2D eigenvalue weighted by Crippen LogP contribution is -2.19. The molecule has 2 heterocycles. The van der Waals surface area contributed by atoms with Crippen LogP contribution >= 0.6 is 0 Å². The van der Waals surface area contributed by atoms with Crippen LogP contribution in [-0.4, -0.2) is 29.8 Å². The van der Waals surface area contributed by atoms with Crippen molar-refractivity contribution in [3.63, 3.8) is 0 Å². The predicted octanol–water partition coefficient (Wildman–Crippen LogP) is 2.56. The van der Waals surface area contributed by atoms with Gasteiger partial charge in [0.1, 0.15) is 11.3 Å². The number of methoxy groups -OCH3 is 1. The first-order valence-corrected chi connectivity index (χ1v) is 6.46. The zero-order chi connectivity index (χ0) is 13.2. The van der Waals surface area contributed by atoms with Gasteiger partial charge in [-0.15, -0.1) is 0 Å². The number of fused-ring (bicyclic) bond motifs is 1. The van der Waals surface area contributed by atoms with Crippen molar-refractivity contribution in [3.05, 3.63) is 23.9 Å². The van der Waals surface area contributed by atoms with E-state index in [1.807, 2.05) is 4.68 Å². The van der Waals surface area contributed by atoms with E-state index in [-0.39, 0.29) is 6.23 Å². The van der Waals surface area contributed by atoms with Crippen LogP contribution < -0.4 is 4.74 Å². The van der Waals surface area contributed by atoms with Crippen LogP contribution in [0.15, 0.2) is 18.3 Å². The van der Waals surface area contributed by atoms with Crippen LogP contribution in [0.1, 0.15) is 35.8 Å². The van der Waals surface area contributed by atoms with Crippen LogP contribution in [0.4, 0.5) is 0 Å². The van der Waals surface area contributed by atoms with Crippen LogP contribution in [0.5, 0.6) is 5.75 Å². The van der Waals surface area contributed by atoms with Crippen LogP contribution in [0.3, 0.4) is 0 Å². The monoisotopic (exact) mass is 260 g/mol. The third-order valence-electron chi connectivity index (χ3n) is 3.53. The Hall–Kier alpha value is -1.88. The van der Waals surface area contributed by atoms with E-state index in [0.29, 0.717) is 11.3 Å². The molecule has 1 aromatic carbocycles. The third-order valence-corrected chi connectivity index (χ3v) is 3.53. The van der Waals surface area contributed by atoms with Gasteiger partial charge >= 0.3 is 0 Å². The molecule has 0 spiro atoms. The average Bonchev–Trinajstić information content (AvgIpc) is 2.92. The summed E-state index contributed by atoms with van der Waals surface area (Å²) >= 11 is 0. The first-order valence-electron chi connectivity index (χ1n) is 6.46. The number of carbonyl (C=O) groups is 1. The Kier molecular flexibility index (Phi) is 3.21. The highest BCUT2D eigenvalue weighted by atomic mass is 16.5. The number of benzene rings is 1. The molecule has 5 heteroatoms. The van der Waals surface area contributed by atoms with Crippen molar-refractivity contribution >= 4 is 17.2 Å². The Morgan fingerprint density at radius 3 is 3.05 bits per heavy atom. The second kappa shape index (κ2) is 5.01. The van der Waals surface area contributed by atoms with Gasteiger partial charge in [-0.05, 0) is 31.4 Å². The lowest BCUT2D eigenvalue weighted by atomic mass is 10.1. The number of rotatable bonds is 3. The summed E-state index contributed by atoms with van der Waals surface area (Å²) in [5, 5.41) is 5.20. The molecule has 2 aromatic rings. The first-order chi connectivity index (χ1) is 9.35. The average molecular weight is 260 g/mol. The van der Waals surface area contributed by atoms with Gasteiger partial charge < -0.3 is 9.47 Å². The standard InChI is InChI=1S/C14H16N2O3/c1-18-12-6-5-10(9-17)11-8-15-16(14(11)12)13-4-2-3-7-19-13/h5-6,8-9,13H,2-4,7H2,1H3. The fourth-order valence-electron chi connectivity index (χ4n) is 2.56. The number of aldehydes is 1. The molecule has 0 aliphatic carbocycles. The zero-order valence-electron chi connectivity index (χ0n) is 10.8. The van der Waals surface area contributed by atoms with Crippen molar-refractivity contribution in [1.29, 1.82) is 0 Å².